The maximum Gasteiger partial charge on any atom is 0.261 e. The zero-order chi connectivity index (χ0) is 27.9. The molecule has 1 atom stereocenters. The van der Waals surface area contributed by atoms with Gasteiger partial charge in [-0.25, -0.2) is 0 Å². The van der Waals surface area contributed by atoms with Crippen LogP contribution in [0.2, 0.25) is 0 Å². The van der Waals surface area contributed by atoms with Crippen molar-refractivity contribution in [2.75, 3.05) is 6.61 Å². The number of aryl methyl sites for hydroxylation is 1. The number of benzene rings is 4. The number of carbonyl (C=O) groups excluding carboxylic acids is 2. The highest BCUT2D eigenvalue weighted by Crippen LogP contribution is 2.33. The van der Waals surface area contributed by atoms with Crippen LogP contribution in [0.5, 0.6) is 5.75 Å². The van der Waals surface area contributed by atoms with Crippen molar-refractivity contribution in [3.05, 3.63) is 112 Å². The van der Waals surface area contributed by atoms with E-state index in [0.717, 1.165) is 57.6 Å². The average molecular weight is 600 g/mol. The lowest BCUT2D eigenvalue weighted by molar-refractivity contribution is -0.143. The highest BCUT2D eigenvalue weighted by molar-refractivity contribution is 9.10. The van der Waals surface area contributed by atoms with Gasteiger partial charge in [0.25, 0.3) is 5.91 Å². The van der Waals surface area contributed by atoms with Crippen LogP contribution in [-0.4, -0.2) is 35.4 Å². The van der Waals surface area contributed by atoms with Gasteiger partial charge in [0.1, 0.15) is 11.8 Å². The topological polar surface area (TPSA) is 58.6 Å². The molecule has 0 unspecified atom stereocenters. The number of hydrogen-bond donors (Lipinski definition) is 1. The molecule has 0 aromatic heterocycles. The van der Waals surface area contributed by atoms with Crippen molar-refractivity contribution in [2.45, 2.75) is 57.7 Å². The third kappa shape index (κ3) is 6.92. The highest BCUT2D eigenvalue weighted by Gasteiger charge is 2.32. The number of carbonyl (C=O) groups is 2. The van der Waals surface area contributed by atoms with Crippen LogP contribution in [0.15, 0.2) is 95.5 Å². The van der Waals surface area contributed by atoms with Crippen molar-refractivity contribution in [3.8, 4) is 5.75 Å². The molecule has 0 radical (unpaired) electrons. The van der Waals surface area contributed by atoms with Crippen LogP contribution in [0.4, 0.5) is 0 Å². The molecule has 5 rings (SSSR count). The van der Waals surface area contributed by atoms with Crippen molar-refractivity contribution in [1.82, 2.24) is 10.2 Å². The Morgan fingerprint density at radius 1 is 0.925 bits per heavy atom. The van der Waals surface area contributed by atoms with E-state index in [1.54, 1.807) is 4.90 Å². The third-order valence-electron chi connectivity index (χ3n) is 7.59. The second-order valence-electron chi connectivity index (χ2n) is 10.6. The van der Waals surface area contributed by atoms with E-state index in [1.165, 1.54) is 0 Å². The number of ether oxygens (including phenoxy) is 1. The Balaban J connectivity index is 1.43. The number of fused-ring (bicyclic) bond motifs is 1. The Kier molecular flexibility index (Phi) is 9.17. The first-order valence-corrected chi connectivity index (χ1v) is 14.8. The third-order valence-corrected chi connectivity index (χ3v) is 8.41. The Hall–Kier alpha value is -3.64. The van der Waals surface area contributed by atoms with E-state index in [2.05, 4.69) is 27.3 Å². The predicted octanol–water partition coefficient (Wildman–Crippen LogP) is 6.99. The number of amides is 2. The summed E-state index contributed by atoms with van der Waals surface area (Å²) in [5.41, 5.74) is 3.09. The van der Waals surface area contributed by atoms with E-state index in [1.807, 2.05) is 91.9 Å². The molecular formula is C34H35BrN2O3. The van der Waals surface area contributed by atoms with Gasteiger partial charge >= 0.3 is 0 Å². The first-order valence-electron chi connectivity index (χ1n) is 14.0. The number of nitrogens with zero attached hydrogens (tertiary/aromatic N) is 1. The van der Waals surface area contributed by atoms with Gasteiger partial charge in [0.2, 0.25) is 5.91 Å². The highest BCUT2D eigenvalue weighted by atomic mass is 79.9. The zero-order valence-electron chi connectivity index (χ0n) is 22.8. The summed E-state index contributed by atoms with van der Waals surface area (Å²) < 4.78 is 6.90. The number of nitrogens with one attached hydrogen (secondary N) is 1. The normalized spacial score (nSPS) is 14.2. The monoisotopic (exact) mass is 598 g/mol. The van der Waals surface area contributed by atoms with E-state index in [-0.39, 0.29) is 24.5 Å². The molecule has 5 nitrogen and oxygen atoms in total. The van der Waals surface area contributed by atoms with E-state index in [0.29, 0.717) is 18.7 Å². The van der Waals surface area contributed by atoms with Gasteiger partial charge < -0.3 is 15.0 Å². The van der Waals surface area contributed by atoms with Crippen molar-refractivity contribution in [1.29, 1.82) is 0 Å². The number of halogens is 1. The zero-order valence-corrected chi connectivity index (χ0v) is 24.4. The summed E-state index contributed by atoms with van der Waals surface area (Å²) in [4.78, 5) is 29.5. The van der Waals surface area contributed by atoms with Crippen molar-refractivity contribution < 1.29 is 14.3 Å². The minimum absolute atomic E-state index is 0.108. The fraction of sp³-hybridized carbons (Fsp3) is 0.294. The summed E-state index contributed by atoms with van der Waals surface area (Å²) in [5.74, 6) is 0.255. The molecule has 4 aromatic rings. The first-order chi connectivity index (χ1) is 19.5. The fourth-order valence-corrected chi connectivity index (χ4v) is 6.08. The standard InChI is InChI=1S/C34H35BrN2O3/c1-24-10-9-13-26(20-24)22-37(32(38)23-40-31-19-18-27-14-5-8-17-29(27)33(31)35)30(21-25-11-3-2-4-12-25)34(39)36-28-15-6-7-16-28/h2-5,8-14,17-20,28,30H,6-7,15-16,21-23H2,1H3,(H,36,39)/t30-/m0/s1. The van der Waals surface area contributed by atoms with Gasteiger partial charge in [-0.2, -0.15) is 0 Å². The Bertz CT molecular complexity index is 1470. The van der Waals surface area contributed by atoms with Crippen LogP contribution in [-0.2, 0) is 22.6 Å². The van der Waals surface area contributed by atoms with E-state index in [4.69, 9.17) is 4.74 Å². The maximum atomic E-state index is 14.0. The van der Waals surface area contributed by atoms with Gasteiger partial charge in [0, 0.05) is 19.0 Å². The van der Waals surface area contributed by atoms with Crippen LogP contribution < -0.4 is 10.1 Å². The lowest BCUT2D eigenvalue weighted by Gasteiger charge is -2.32. The van der Waals surface area contributed by atoms with E-state index in [9.17, 15) is 9.59 Å². The lowest BCUT2D eigenvalue weighted by Crippen LogP contribution is -2.53. The molecule has 1 aliphatic carbocycles. The number of rotatable bonds is 10. The van der Waals surface area contributed by atoms with Gasteiger partial charge in [-0.3, -0.25) is 9.59 Å². The Morgan fingerprint density at radius 2 is 1.65 bits per heavy atom. The van der Waals surface area contributed by atoms with Gasteiger partial charge in [-0.05, 0) is 63.7 Å². The number of hydrogen-bond acceptors (Lipinski definition) is 3. The molecule has 0 bridgehead atoms. The average Bonchev–Trinajstić information content (AvgIpc) is 3.48. The van der Waals surface area contributed by atoms with Gasteiger partial charge in [0.15, 0.2) is 6.61 Å². The molecule has 4 aromatic carbocycles. The van der Waals surface area contributed by atoms with Crippen molar-refractivity contribution >= 4 is 38.5 Å². The first kappa shape index (κ1) is 27.9. The largest absolute Gasteiger partial charge is 0.483 e. The second kappa shape index (κ2) is 13.1. The summed E-state index contributed by atoms with van der Waals surface area (Å²) in [7, 11) is 0. The molecule has 1 saturated carbocycles. The lowest BCUT2D eigenvalue weighted by atomic mass is 10.0. The van der Waals surface area contributed by atoms with Crippen molar-refractivity contribution in [3.63, 3.8) is 0 Å². The molecule has 0 spiro atoms. The summed E-state index contributed by atoms with van der Waals surface area (Å²) >= 11 is 3.66. The van der Waals surface area contributed by atoms with Gasteiger partial charge in [-0.1, -0.05) is 103 Å². The molecule has 0 saturated heterocycles. The molecule has 40 heavy (non-hydrogen) atoms. The minimum atomic E-state index is -0.667. The molecule has 206 valence electrons. The van der Waals surface area contributed by atoms with E-state index < -0.39 is 6.04 Å². The summed E-state index contributed by atoms with van der Waals surface area (Å²) in [6, 6.07) is 29.4. The van der Waals surface area contributed by atoms with Crippen molar-refractivity contribution in [2.24, 2.45) is 0 Å². The quantitative estimate of drug-likeness (QED) is 0.214. The van der Waals surface area contributed by atoms with Crippen LogP contribution in [0, 0.1) is 6.92 Å². The molecular weight excluding hydrogens is 564 g/mol. The van der Waals surface area contributed by atoms with Crippen LogP contribution in [0.3, 0.4) is 0 Å². The maximum absolute atomic E-state index is 14.0. The predicted molar refractivity (Wildman–Crippen MR) is 163 cm³/mol. The van der Waals surface area contributed by atoms with Gasteiger partial charge in [-0.15, -0.1) is 0 Å². The second-order valence-corrected chi connectivity index (χ2v) is 11.4. The van der Waals surface area contributed by atoms with Gasteiger partial charge in [0.05, 0.1) is 4.47 Å². The Labute approximate surface area is 244 Å². The molecule has 0 heterocycles. The SMILES string of the molecule is Cc1cccc(CN(C(=O)COc2ccc3ccccc3c2Br)[C@@H](Cc2ccccc2)C(=O)NC2CCCC2)c1. The summed E-state index contributed by atoms with van der Waals surface area (Å²) in [5, 5.41) is 5.35. The molecule has 6 heteroatoms. The smallest absolute Gasteiger partial charge is 0.261 e. The van der Waals surface area contributed by atoms with E-state index >= 15 is 0 Å². The van der Waals surface area contributed by atoms with Crippen LogP contribution >= 0.6 is 15.9 Å². The molecule has 0 aliphatic heterocycles. The molecule has 1 N–H and O–H groups in total. The summed E-state index contributed by atoms with van der Waals surface area (Å²) in [6.07, 6.45) is 4.63. The fourth-order valence-electron chi connectivity index (χ4n) is 5.48. The molecule has 1 aliphatic rings. The molecule has 2 amide bonds. The van der Waals surface area contributed by atoms with Crippen LogP contribution in [0.25, 0.3) is 10.8 Å². The van der Waals surface area contributed by atoms with Crippen LogP contribution in [0.1, 0.15) is 42.4 Å². The summed E-state index contributed by atoms with van der Waals surface area (Å²) in [6.45, 7) is 2.17. The Morgan fingerprint density at radius 3 is 2.42 bits per heavy atom. The minimum Gasteiger partial charge on any atom is -0.483 e. The molecule has 1 fully saturated rings.